The van der Waals surface area contributed by atoms with E-state index in [2.05, 4.69) is 26.6 Å². The van der Waals surface area contributed by atoms with E-state index in [1.54, 1.807) is 42.5 Å². The van der Waals surface area contributed by atoms with E-state index in [9.17, 15) is 24.8 Å². The van der Waals surface area contributed by atoms with Gasteiger partial charge in [0.15, 0.2) is 5.60 Å². The normalized spacial score (nSPS) is 30.0. The number of fused-ring (bicyclic) bond motifs is 6. The molecule has 0 unspecified atom stereocenters. The molecule has 214 valence electrons. The van der Waals surface area contributed by atoms with Gasteiger partial charge in [-0.05, 0) is 55.4 Å². The van der Waals surface area contributed by atoms with Crippen molar-refractivity contribution >= 4 is 33.7 Å². The Morgan fingerprint density at radius 1 is 1.17 bits per heavy atom. The molecule has 11 heteroatoms. The number of carbonyl (C=O) groups is 3. The SMILES string of the molecule is N#C[C@H](C[C@H]1CCCNC1=O)NC(=O)[C@H]1[C@@H]2CC[C@@H](CC2(F)F)N1C(=O)[C@@]1(O)c2ccccc2-c2ccc(Br)cc21. The lowest BCUT2D eigenvalue weighted by Gasteiger charge is -2.54. The Morgan fingerprint density at radius 2 is 1.93 bits per heavy atom. The number of nitriles is 1. The quantitative estimate of drug-likeness (QED) is 0.468. The van der Waals surface area contributed by atoms with E-state index in [1.807, 2.05) is 6.07 Å². The summed E-state index contributed by atoms with van der Waals surface area (Å²) in [6, 6.07) is 10.4. The van der Waals surface area contributed by atoms with Gasteiger partial charge in [0, 0.05) is 40.5 Å². The van der Waals surface area contributed by atoms with Crippen LogP contribution in [0.25, 0.3) is 11.1 Å². The average Bonchev–Trinajstić information content (AvgIpc) is 3.21. The van der Waals surface area contributed by atoms with E-state index in [1.165, 1.54) is 0 Å². The van der Waals surface area contributed by atoms with Crippen LogP contribution in [0.1, 0.15) is 49.7 Å². The van der Waals surface area contributed by atoms with Crippen molar-refractivity contribution < 1.29 is 28.3 Å². The van der Waals surface area contributed by atoms with Gasteiger partial charge in [-0.3, -0.25) is 14.4 Å². The number of piperidine rings is 3. The molecular formula is C30H29BrF2N4O4. The van der Waals surface area contributed by atoms with Crippen molar-refractivity contribution in [3.8, 4) is 17.2 Å². The van der Waals surface area contributed by atoms with E-state index in [4.69, 9.17) is 0 Å². The van der Waals surface area contributed by atoms with Crippen LogP contribution in [0.15, 0.2) is 46.9 Å². The maximum atomic E-state index is 15.3. The molecule has 1 saturated carbocycles. The number of rotatable bonds is 5. The number of nitrogens with zero attached hydrogens (tertiary/aromatic N) is 2. The molecule has 41 heavy (non-hydrogen) atoms. The van der Waals surface area contributed by atoms with Gasteiger partial charge in [0.2, 0.25) is 11.8 Å². The lowest BCUT2D eigenvalue weighted by atomic mass is 9.70. The van der Waals surface area contributed by atoms with Crippen molar-refractivity contribution in [2.75, 3.05) is 6.54 Å². The number of amides is 3. The lowest BCUT2D eigenvalue weighted by Crippen LogP contribution is -2.70. The van der Waals surface area contributed by atoms with Gasteiger partial charge in [-0.1, -0.05) is 46.3 Å². The van der Waals surface area contributed by atoms with Crippen LogP contribution in [0.2, 0.25) is 0 Å². The number of halogens is 3. The largest absolute Gasteiger partial charge is 0.372 e. The van der Waals surface area contributed by atoms with Crippen LogP contribution in [0, 0.1) is 23.2 Å². The van der Waals surface area contributed by atoms with Crippen molar-refractivity contribution in [3.63, 3.8) is 0 Å². The van der Waals surface area contributed by atoms with Gasteiger partial charge in [0.25, 0.3) is 11.8 Å². The fourth-order valence-corrected chi connectivity index (χ4v) is 7.55. The molecule has 2 aliphatic carbocycles. The highest BCUT2D eigenvalue weighted by atomic mass is 79.9. The monoisotopic (exact) mass is 626 g/mol. The highest BCUT2D eigenvalue weighted by Crippen LogP contribution is 2.54. The molecule has 2 bridgehead atoms. The number of hydrogen-bond donors (Lipinski definition) is 3. The predicted molar refractivity (Wildman–Crippen MR) is 147 cm³/mol. The molecule has 3 saturated heterocycles. The van der Waals surface area contributed by atoms with Crippen molar-refractivity contribution in [3.05, 3.63) is 58.1 Å². The van der Waals surface area contributed by atoms with E-state index in [-0.39, 0.29) is 25.2 Å². The van der Waals surface area contributed by atoms with Crippen molar-refractivity contribution in [2.24, 2.45) is 11.8 Å². The molecule has 8 nitrogen and oxygen atoms in total. The van der Waals surface area contributed by atoms with Gasteiger partial charge >= 0.3 is 0 Å². The van der Waals surface area contributed by atoms with Crippen LogP contribution in [0.5, 0.6) is 0 Å². The third-order valence-electron chi connectivity index (χ3n) is 9.12. The molecule has 0 aromatic heterocycles. The molecule has 0 spiro atoms. The minimum atomic E-state index is -3.20. The number of benzene rings is 2. The summed E-state index contributed by atoms with van der Waals surface area (Å²) in [6.07, 6.45) is 1.01. The molecule has 0 radical (unpaired) electrons. The van der Waals surface area contributed by atoms with Gasteiger partial charge in [-0.2, -0.15) is 5.26 Å². The topological polar surface area (TPSA) is 123 Å². The maximum absolute atomic E-state index is 15.3. The fraction of sp³-hybridized carbons (Fsp3) is 0.467. The van der Waals surface area contributed by atoms with Gasteiger partial charge < -0.3 is 20.6 Å². The molecule has 6 atom stereocenters. The minimum absolute atomic E-state index is 0.0267. The summed E-state index contributed by atoms with van der Waals surface area (Å²) in [6.45, 7) is 0.544. The molecule has 3 aliphatic heterocycles. The van der Waals surface area contributed by atoms with Gasteiger partial charge in [-0.15, -0.1) is 0 Å². The van der Waals surface area contributed by atoms with Gasteiger partial charge in [0.1, 0.15) is 12.1 Å². The van der Waals surface area contributed by atoms with Crippen LogP contribution in [0.4, 0.5) is 8.78 Å². The number of hydrogen-bond acceptors (Lipinski definition) is 5. The fourth-order valence-electron chi connectivity index (χ4n) is 7.19. The van der Waals surface area contributed by atoms with Crippen LogP contribution < -0.4 is 10.6 Å². The smallest absolute Gasteiger partial charge is 0.264 e. The number of nitrogens with one attached hydrogen (secondary N) is 2. The lowest BCUT2D eigenvalue weighted by molar-refractivity contribution is -0.201. The summed E-state index contributed by atoms with van der Waals surface area (Å²) >= 11 is 3.41. The second kappa shape index (κ2) is 10.2. The minimum Gasteiger partial charge on any atom is -0.372 e. The van der Waals surface area contributed by atoms with E-state index < -0.39 is 59.7 Å². The zero-order valence-electron chi connectivity index (χ0n) is 22.1. The number of aliphatic hydroxyl groups is 1. The summed E-state index contributed by atoms with van der Waals surface area (Å²) < 4.78 is 31.2. The van der Waals surface area contributed by atoms with Crippen molar-refractivity contribution in [1.29, 1.82) is 5.26 Å². The van der Waals surface area contributed by atoms with Crippen LogP contribution in [-0.4, -0.2) is 58.3 Å². The standard InChI is InChI=1S/C30H29BrF2N4O4/c31-17-7-9-21-20-5-1-2-6-22(20)30(41,24(21)13-17)28(40)37-19-8-10-23(29(32,33)14-19)25(37)27(39)36-18(15-34)12-16-4-3-11-35-26(16)38/h1-2,5-7,9,13,16,18-19,23,25,41H,3-4,8,10-12,14H2,(H,35,38)(H,36,39)/t16-,18+,19+,23+,25-,30-/m1/s1. The highest BCUT2D eigenvalue weighted by molar-refractivity contribution is 9.10. The number of alkyl halides is 2. The second-order valence-corrected chi connectivity index (χ2v) is 12.4. The molecular weight excluding hydrogens is 598 g/mol. The van der Waals surface area contributed by atoms with Gasteiger partial charge in [0.05, 0.1) is 12.0 Å². The zero-order chi connectivity index (χ0) is 29.1. The highest BCUT2D eigenvalue weighted by Gasteiger charge is 2.63. The predicted octanol–water partition coefficient (Wildman–Crippen LogP) is 3.60. The Hall–Kier alpha value is -3.36. The molecule has 2 aromatic carbocycles. The zero-order valence-corrected chi connectivity index (χ0v) is 23.7. The Bertz CT molecular complexity index is 1480. The van der Waals surface area contributed by atoms with Crippen molar-refractivity contribution in [2.45, 2.75) is 68.2 Å². The Balaban J connectivity index is 1.36. The molecule has 4 fully saturated rings. The first-order valence-electron chi connectivity index (χ1n) is 13.9. The van der Waals surface area contributed by atoms with E-state index in [0.29, 0.717) is 39.7 Å². The summed E-state index contributed by atoms with van der Waals surface area (Å²) in [4.78, 5) is 41.7. The summed E-state index contributed by atoms with van der Waals surface area (Å²) in [7, 11) is 0. The summed E-state index contributed by atoms with van der Waals surface area (Å²) in [5, 5.41) is 27.3. The Kier molecular flexibility index (Phi) is 6.90. The average molecular weight is 627 g/mol. The molecule has 3 N–H and O–H groups in total. The molecule has 2 aromatic rings. The van der Waals surface area contributed by atoms with Crippen LogP contribution >= 0.6 is 15.9 Å². The van der Waals surface area contributed by atoms with Crippen molar-refractivity contribution in [1.82, 2.24) is 15.5 Å². The third-order valence-corrected chi connectivity index (χ3v) is 9.61. The van der Waals surface area contributed by atoms with E-state index in [0.717, 1.165) is 11.3 Å². The molecule has 3 heterocycles. The molecule has 5 aliphatic rings. The van der Waals surface area contributed by atoms with Gasteiger partial charge in [-0.25, -0.2) is 8.78 Å². The van der Waals surface area contributed by atoms with Crippen LogP contribution in [0.3, 0.4) is 0 Å². The maximum Gasteiger partial charge on any atom is 0.264 e. The Labute approximate surface area is 244 Å². The van der Waals surface area contributed by atoms with Crippen LogP contribution in [-0.2, 0) is 20.0 Å². The first-order chi connectivity index (χ1) is 19.6. The molecule has 3 amide bonds. The number of carbonyl (C=O) groups excluding carboxylic acids is 3. The summed E-state index contributed by atoms with van der Waals surface area (Å²) in [5.41, 5.74) is -0.277. The Morgan fingerprint density at radius 3 is 2.66 bits per heavy atom. The third kappa shape index (κ3) is 4.43. The second-order valence-electron chi connectivity index (χ2n) is 11.5. The first-order valence-corrected chi connectivity index (χ1v) is 14.7. The summed E-state index contributed by atoms with van der Waals surface area (Å²) in [5.74, 6) is -7.09. The van der Waals surface area contributed by atoms with E-state index >= 15 is 8.78 Å². The molecule has 7 rings (SSSR count). The first kappa shape index (κ1) is 27.8.